The second-order valence-electron chi connectivity index (χ2n) is 7.04. The molecule has 1 aromatic heterocycles. The van der Waals surface area contributed by atoms with Crippen LogP contribution in [0, 0.1) is 12.8 Å². The van der Waals surface area contributed by atoms with Gasteiger partial charge in [0.2, 0.25) is 0 Å². The minimum Gasteiger partial charge on any atom is -0.444 e. The Kier molecular flexibility index (Phi) is 3.34. The minimum atomic E-state index is -0.439. The van der Waals surface area contributed by atoms with E-state index in [9.17, 15) is 4.79 Å². The number of amides is 1. The second-order valence-corrected chi connectivity index (χ2v) is 7.04. The lowest BCUT2D eigenvalue weighted by Crippen LogP contribution is -2.49. The molecule has 2 aliphatic heterocycles. The Morgan fingerprint density at radius 2 is 2.24 bits per heavy atom. The van der Waals surface area contributed by atoms with Gasteiger partial charge in [-0.1, -0.05) is 0 Å². The van der Waals surface area contributed by atoms with Gasteiger partial charge in [-0.3, -0.25) is 0 Å². The molecule has 2 unspecified atom stereocenters. The maximum atomic E-state index is 12.2. The lowest BCUT2D eigenvalue weighted by molar-refractivity contribution is 0.0107. The van der Waals surface area contributed by atoms with Crippen molar-refractivity contribution in [3.05, 3.63) is 11.8 Å². The lowest BCUT2D eigenvalue weighted by atomic mass is 9.91. The molecule has 2 aliphatic rings. The number of ether oxygens (including phenoxy) is 1. The van der Waals surface area contributed by atoms with Gasteiger partial charge >= 0.3 is 6.09 Å². The van der Waals surface area contributed by atoms with Gasteiger partial charge in [0.15, 0.2) is 0 Å². The molecule has 0 spiro atoms. The molecule has 3 heterocycles. The molecule has 1 aromatic rings. The number of carbonyl (C=O) groups is 1. The Morgan fingerprint density at radius 1 is 1.48 bits per heavy atom. The Labute approximate surface area is 125 Å². The summed E-state index contributed by atoms with van der Waals surface area (Å²) in [5, 5.41) is 8.00. The Morgan fingerprint density at radius 3 is 2.95 bits per heavy atom. The molecular formula is C15H24N4O2. The Bertz CT molecular complexity index is 546. The molecule has 116 valence electrons. The number of aryl methyl sites for hydroxylation is 1. The Balaban J connectivity index is 1.69. The Hall–Kier alpha value is -1.72. The van der Waals surface area contributed by atoms with Gasteiger partial charge in [0.05, 0.1) is 11.7 Å². The van der Waals surface area contributed by atoms with Gasteiger partial charge in [-0.05, 0) is 34.1 Å². The van der Waals surface area contributed by atoms with Crippen LogP contribution in [0.5, 0.6) is 0 Å². The van der Waals surface area contributed by atoms with Crippen molar-refractivity contribution in [2.24, 2.45) is 5.92 Å². The number of nitrogens with one attached hydrogen (secondary N) is 1. The summed E-state index contributed by atoms with van der Waals surface area (Å²) in [4.78, 5) is 14.0. The molecule has 6 nitrogen and oxygen atoms in total. The van der Waals surface area contributed by atoms with Crippen LogP contribution in [-0.4, -0.2) is 46.0 Å². The molecule has 1 N–H and O–H groups in total. The van der Waals surface area contributed by atoms with Crippen LogP contribution in [0.2, 0.25) is 0 Å². The number of hydrogen-bond donors (Lipinski definition) is 1. The van der Waals surface area contributed by atoms with Crippen molar-refractivity contribution in [2.75, 3.05) is 25.0 Å². The summed E-state index contributed by atoms with van der Waals surface area (Å²) in [5.74, 6) is 1.48. The molecule has 0 aliphatic carbocycles. The molecule has 0 saturated carbocycles. The van der Waals surface area contributed by atoms with E-state index in [0.29, 0.717) is 12.0 Å². The molecular weight excluding hydrogens is 268 g/mol. The molecule has 21 heavy (non-hydrogen) atoms. The van der Waals surface area contributed by atoms with Crippen molar-refractivity contribution in [1.29, 1.82) is 0 Å². The minimum absolute atomic E-state index is 0.205. The number of carbonyl (C=O) groups excluding carboxylic acids is 1. The highest BCUT2D eigenvalue weighted by Crippen LogP contribution is 2.35. The number of aromatic nitrogens is 2. The van der Waals surface area contributed by atoms with Gasteiger partial charge in [-0.2, -0.15) is 5.10 Å². The molecule has 0 bridgehead atoms. The summed E-state index contributed by atoms with van der Waals surface area (Å²) >= 11 is 0. The van der Waals surface area contributed by atoms with Crippen LogP contribution >= 0.6 is 0 Å². The topological polar surface area (TPSA) is 59.4 Å². The van der Waals surface area contributed by atoms with Gasteiger partial charge in [-0.15, -0.1) is 0 Å². The average molecular weight is 292 g/mol. The van der Waals surface area contributed by atoms with E-state index in [1.165, 1.54) is 0 Å². The first-order valence-electron chi connectivity index (χ1n) is 7.61. The monoisotopic (exact) mass is 292 g/mol. The van der Waals surface area contributed by atoms with Crippen molar-refractivity contribution < 1.29 is 9.53 Å². The smallest absolute Gasteiger partial charge is 0.410 e. The fourth-order valence-corrected chi connectivity index (χ4v) is 3.17. The SMILES string of the molecule is Cc1cc2n(n1)C1CCN(C(=O)OC(C)(C)C)CC1CN2. The van der Waals surface area contributed by atoms with Crippen LogP contribution in [0.15, 0.2) is 6.07 Å². The predicted molar refractivity (Wildman–Crippen MR) is 80.4 cm³/mol. The van der Waals surface area contributed by atoms with Gasteiger partial charge in [0.1, 0.15) is 11.4 Å². The standard InChI is InChI=1S/C15H24N4O2/c1-10-7-13-16-8-11-9-18(14(20)21-15(2,3)4)6-5-12(11)19(13)17-10/h7,11-12,16H,5-6,8-9H2,1-4H3. The van der Waals surface area contributed by atoms with Crippen molar-refractivity contribution in [1.82, 2.24) is 14.7 Å². The van der Waals surface area contributed by atoms with Gasteiger partial charge in [0, 0.05) is 31.6 Å². The number of anilines is 1. The molecule has 3 rings (SSSR count). The number of hydrogen-bond acceptors (Lipinski definition) is 4. The van der Waals surface area contributed by atoms with Crippen LogP contribution in [0.3, 0.4) is 0 Å². The summed E-state index contributed by atoms with van der Waals surface area (Å²) in [6.45, 7) is 10.1. The van der Waals surface area contributed by atoms with Crippen LogP contribution in [0.4, 0.5) is 10.6 Å². The molecule has 2 atom stereocenters. The highest BCUT2D eigenvalue weighted by Gasteiger charge is 2.37. The molecule has 0 radical (unpaired) electrons. The van der Waals surface area contributed by atoms with E-state index in [0.717, 1.165) is 37.6 Å². The number of piperidine rings is 1. The van der Waals surface area contributed by atoms with E-state index in [4.69, 9.17) is 4.74 Å². The fraction of sp³-hybridized carbons (Fsp3) is 0.733. The largest absolute Gasteiger partial charge is 0.444 e. The van der Waals surface area contributed by atoms with Crippen LogP contribution in [-0.2, 0) is 4.74 Å². The summed E-state index contributed by atoms with van der Waals surface area (Å²) < 4.78 is 7.57. The van der Waals surface area contributed by atoms with Crippen LogP contribution < -0.4 is 5.32 Å². The summed E-state index contributed by atoms with van der Waals surface area (Å²) in [6.07, 6.45) is 0.725. The zero-order valence-corrected chi connectivity index (χ0v) is 13.2. The third-order valence-electron chi connectivity index (χ3n) is 4.06. The van der Waals surface area contributed by atoms with E-state index in [1.807, 2.05) is 32.6 Å². The number of nitrogens with zero attached hydrogens (tertiary/aromatic N) is 3. The summed E-state index contributed by atoms with van der Waals surface area (Å²) in [5.41, 5.74) is 0.595. The maximum Gasteiger partial charge on any atom is 0.410 e. The zero-order chi connectivity index (χ0) is 15.2. The summed E-state index contributed by atoms with van der Waals surface area (Å²) in [6, 6.07) is 2.46. The number of rotatable bonds is 0. The molecule has 1 saturated heterocycles. The van der Waals surface area contributed by atoms with Gasteiger partial charge < -0.3 is 15.0 Å². The lowest BCUT2D eigenvalue weighted by Gasteiger charge is -2.42. The maximum absolute atomic E-state index is 12.2. The molecule has 6 heteroatoms. The average Bonchev–Trinajstić information content (AvgIpc) is 2.76. The van der Waals surface area contributed by atoms with E-state index in [2.05, 4.69) is 21.2 Å². The fourth-order valence-electron chi connectivity index (χ4n) is 3.17. The van der Waals surface area contributed by atoms with Crippen molar-refractivity contribution in [2.45, 2.75) is 45.8 Å². The van der Waals surface area contributed by atoms with E-state index < -0.39 is 5.60 Å². The van der Waals surface area contributed by atoms with Crippen molar-refractivity contribution in [3.63, 3.8) is 0 Å². The molecule has 1 amide bonds. The van der Waals surface area contributed by atoms with E-state index in [1.54, 1.807) is 0 Å². The third kappa shape index (κ3) is 2.84. The van der Waals surface area contributed by atoms with Crippen LogP contribution in [0.1, 0.15) is 38.9 Å². The number of fused-ring (bicyclic) bond motifs is 3. The third-order valence-corrected chi connectivity index (χ3v) is 4.06. The van der Waals surface area contributed by atoms with Gasteiger partial charge in [-0.25, -0.2) is 9.48 Å². The summed E-state index contributed by atoms with van der Waals surface area (Å²) in [7, 11) is 0. The first-order chi connectivity index (χ1) is 9.83. The molecule has 0 aromatic carbocycles. The second kappa shape index (κ2) is 4.93. The highest BCUT2D eigenvalue weighted by atomic mass is 16.6. The first-order valence-corrected chi connectivity index (χ1v) is 7.61. The quantitative estimate of drug-likeness (QED) is 0.798. The molecule has 1 fully saturated rings. The predicted octanol–water partition coefficient (Wildman–Crippen LogP) is 2.42. The van der Waals surface area contributed by atoms with E-state index >= 15 is 0 Å². The van der Waals surface area contributed by atoms with E-state index in [-0.39, 0.29) is 6.09 Å². The van der Waals surface area contributed by atoms with Crippen molar-refractivity contribution >= 4 is 11.9 Å². The van der Waals surface area contributed by atoms with Crippen LogP contribution in [0.25, 0.3) is 0 Å². The highest BCUT2D eigenvalue weighted by molar-refractivity contribution is 5.68. The first kappa shape index (κ1) is 14.2. The number of likely N-dealkylation sites (tertiary alicyclic amines) is 1. The van der Waals surface area contributed by atoms with Gasteiger partial charge in [0.25, 0.3) is 0 Å². The van der Waals surface area contributed by atoms with Crippen molar-refractivity contribution in [3.8, 4) is 0 Å². The normalized spacial score (nSPS) is 24.9. The zero-order valence-electron chi connectivity index (χ0n) is 13.2.